The van der Waals surface area contributed by atoms with Gasteiger partial charge in [0.05, 0.1) is 6.61 Å². The molecule has 0 fully saturated rings. The van der Waals surface area contributed by atoms with Gasteiger partial charge in [-0.2, -0.15) is 0 Å². The highest BCUT2D eigenvalue weighted by atomic mass is 16.9. The van der Waals surface area contributed by atoms with Crippen LogP contribution in [0.5, 0.6) is 5.75 Å². The molecule has 0 heterocycles. The summed E-state index contributed by atoms with van der Waals surface area (Å²) in [6.45, 7) is -0.220. The summed E-state index contributed by atoms with van der Waals surface area (Å²) in [7, 11) is 0. The Morgan fingerprint density at radius 1 is 1.32 bits per heavy atom. The van der Waals surface area contributed by atoms with Gasteiger partial charge in [-0.05, 0) is 18.6 Å². The van der Waals surface area contributed by atoms with Gasteiger partial charge in [0.25, 0.3) is 5.09 Å². The Morgan fingerprint density at radius 3 is 2.63 bits per heavy atom. The smallest absolute Gasteiger partial charge is 0.339 e. The van der Waals surface area contributed by atoms with E-state index in [0.29, 0.717) is 0 Å². The quantitative estimate of drug-likeness (QED) is 0.260. The van der Waals surface area contributed by atoms with E-state index >= 15 is 0 Å². The molecule has 102 valence electrons. The van der Waals surface area contributed by atoms with Gasteiger partial charge in [-0.25, -0.2) is 4.79 Å². The molecule has 19 heavy (non-hydrogen) atoms. The molecule has 0 unspecified atom stereocenters. The van der Waals surface area contributed by atoms with Crippen molar-refractivity contribution in [1.29, 1.82) is 0 Å². The summed E-state index contributed by atoms with van der Waals surface area (Å²) in [6.07, 6.45) is -0.00313. The van der Waals surface area contributed by atoms with Crippen molar-refractivity contribution >= 4 is 11.9 Å². The van der Waals surface area contributed by atoms with Gasteiger partial charge in [-0.15, -0.1) is 10.1 Å². The molecule has 0 spiro atoms. The van der Waals surface area contributed by atoms with Crippen molar-refractivity contribution in [1.82, 2.24) is 0 Å². The van der Waals surface area contributed by atoms with Crippen LogP contribution in [0.15, 0.2) is 24.3 Å². The van der Waals surface area contributed by atoms with Crippen LogP contribution in [0.25, 0.3) is 0 Å². The molecule has 8 nitrogen and oxygen atoms in total. The molecule has 8 heteroatoms. The first-order chi connectivity index (χ1) is 9.00. The standard InChI is InChI=1S/C11H11NO7/c13-10(6-3-7-18-12(16)17)19-9-5-2-1-4-8(9)11(14)15/h1-2,4-5H,3,6-7H2,(H,14,15). The average molecular weight is 269 g/mol. The maximum Gasteiger partial charge on any atom is 0.339 e. The zero-order valence-corrected chi connectivity index (χ0v) is 9.77. The zero-order chi connectivity index (χ0) is 14.3. The molecule has 0 amide bonds. The number of carbonyl (C=O) groups excluding carboxylic acids is 1. The van der Waals surface area contributed by atoms with Crippen LogP contribution in [0.2, 0.25) is 0 Å². The van der Waals surface area contributed by atoms with Crippen molar-refractivity contribution in [2.24, 2.45) is 0 Å². The fraction of sp³-hybridized carbons (Fsp3) is 0.273. The number of esters is 1. The molecular weight excluding hydrogens is 258 g/mol. The highest BCUT2D eigenvalue weighted by Gasteiger charge is 2.13. The number of ether oxygens (including phenoxy) is 1. The lowest BCUT2D eigenvalue weighted by Crippen LogP contribution is -2.12. The largest absolute Gasteiger partial charge is 0.478 e. The summed E-state index contributed by atoms with van der Waals surface area (Å²) in [5.74, 6) is -1.95. The van der Waals surface area contributed by atoms with E-state index in [1.165, 1.54) is 24.3 Å². The van der Waals surface area contributed by atoms with E-state index in [4.69, 9.17) is 9.84 Å². The fourth-order valence-electron chi connectivity index (χ4n) is 1.26. The van der Waals surface area contributed by atoms with Crippen molar-refractivity contribution in [2.45, 2.75) is 12.8 Å². The summed E-state index contributed by atoms with van der Waals surface area (Å²) in [5, 5.41) is 17.8. The van der Waals surface area contributed by atoms with Crippen molar-refractivity contribution in [3.63, 3.8) is 0 Å². The molecule has 1 N–H and O–H groups in total. The minimum atomic E-state index is -1.21. The van der Waals surface area contributed by atoms with Gasteiger partial charge in [0.2, 0.25) is 0 Å². The van der Waals surface area contributed by atoms with Gasteiger partial charge in [0.1, 0.15) is 11.3 Å². The summed E-state index contributed by atoms with van der Waals surface area (Å²) in [5.41, 5.74) is -0.127. The Balaban J connectivity index is 2.48. The molecule has 0 aliphatic rings. The van der Waals surface area contributed by atoms with Crippen LogP contribution in [0.1, 0.15) is 23.2 Å². The van der Waals surface area contributed by atoms with Gasteiger partial charge in [0, 0.05) is 6.42 Å². The SMILES string of the molecule is O=C(CCCO[N+](=O)[O-])Oc1ccccc1C(=O)O. The van der Waals surface area contributed by atoms with E-state index in [9.17, 15) is 19.7 Å². The molecule has 0 aliphatic heterocycles. The van der Waals surface area contributed by atoms with Crippen molar-refractivity contribution in [3.8, 4) is 5.75 Å². The van der Waals surface area contributed by atoms with E-state index in [1.54, 1.807) is 0 Å². The third-order valence-electron chi connectivity index (χ3n) is 2.06. The second-order valence-corrected chi connectivity index (χ2v) is 3.44. The summed E-state index contributed by atoms with van der Waals surface area (Å²) in [4.78, 5) is 36.1. The lowest BCUT2D eigenvalue weighted by molar-refractivity contribution is -0.757. The Hall–Kier alpha value is -2.64. The summed E-state index contributed by atoms with van der Waals surface area (Å²) >= 11 is 0. The number of benzene rings is 1. The Kier molecular flexibility index (Phi) is 5.27. The number of carbonyl (C=O) groups is 2. The predicted molar refractivity (Wildman–Crippen MR) is 61.2 cm³/mol. The molecule has 0 saturated carbocycles. The molecule has 1 rings (SSSR count). The average Bonchev–Trinajstić information content (AvgIpc) is 2.35. The first kappa shape index (κ1) is 14.4. The molecule has 0 saturated heterocycles. The van der Waals surface area contributed by atoms with Crippen LogP contribution in [0.3, 0.4) is 0 Å². The first-order valence-electron chi connectivity index (χ1n) is 5.31. The number of para-hydroxylation sites is 1. The number of aromatic carboxylic acids is 1. The minimum absolute atomic E-state index is 0.0600. The topological polar surface area (TPSA) is 116 Å². The highest BCUT2D eigenvalue weighted by Crippen LogP contribution is 2.18. The Bertz CT molecular complexity index is 486. The maximum absolute atomic E-state index is 11.4. The maximum atomic E-state index is 11.4. The molecule has 1 aromatic carbocycles. The fourth-order valence-corrected chi connectivity index (χ4v) is 1.26. The third-order valence-corrected chi connectivity index (χ3v) is 2.06. The molecule has 0 bridgehead atoms. The van der Waals surface area contributed by atoms with Crippen LogP contribution < -0.4 is 4.74 Å². The van der Waals surface area contributed by atoms with Crippen LogP contribution in [0.4, 0.5) is 0 Å². The molecule has 0 aromatic heterocycles. The second-order valence-electron chi connectivity index (χ2n) is 3.44. The third kappa shape index (κ3) is 5.02. The highest BCUT2D eigenvalue weighted by molar-refractivity contribution is 5.91. The predicted octanol–water partition coefficient (Wildman–Crippen LogP) is 1.28. The minimum Gasteiger partial charge on any atom is -0.478 e. The number of hydrogen-bond acceptors (Lipinski definition) is 6. The lowest BCUT2D eigenvalue weighted by atomic mass is 10.2. The Labute approximate surface area is 107 Å². The van der Waals surface area contributed by atoms with E-state index in [0.717, 1.165) is 0 Å². The van der Waals surface area contributed by atoms with E-state index < -0.39 is 17.0 Å². The number of nitrogens with zero attached hydrogens (tertiary/aromatic N) is 1. The lowest BCUT2D eigenvalue weighted by Gasteiger charge is -2.06. The summed E-state index contributed by atoms with van der Waals surface area (Å²) in [6, 6.07) is 5.70. The zero-order valence-electron chi connectivity index (χ0n) is 9.77. The summed E-state index contributed by atoms with van der Waals surface area (Å²) < 4.78 is 4.87. The number of carboxylic acids is 1. The monoisotopic (exact) mass is 269 g/mol. The molecule has 0 radical (unpaired) electrons. The Morgan fingerprint density at radius 2 is 2.00 bits per heavy atom. The second kappa shape index (κ2) is 6.94. The van der Waals surface area contributed by atoms with Crippen molar-refractivity contribution in [2.75, 3.05) is 6.61 Å². The normalized spacial score (nSPS) is 9.68. The molecule has 0 atom stereocenters. The van der Waals surface area contributed by atoms with Gasteiger partial charge in [-0.3, -0.25) is 4.79 Å². The van der Waals surface area contributed by atoms with Crippen LogP contribution in [0, 0.1) is 10.1 Å². The van der Waals surface area contributed by atoms with E-state index in [-0.39, 0.29) is 30.8 Å². The number of carboxylic acid groups (broad SMARTS) is 1. The first-order valence-corrected chi connectivity index (χ1v) is 5.31. The van der Waals surface area contributed by atoms with Crippen LogP contribution >= 0.6 is 0 Å². The van der Waals surface area contributed by atoms with Crippen LogP contribution in [-0.4, -0.2) is 28.7 Å². The van der Waals surface area contributed by atoms with Crippen molar-refractivity contribution in [3.05, 3.63) is 39.9 Å². The molecule has 0 aliphatic carbocycles. The van der Waals surface area contributed by atoms with Crippen molar-refractivity contribution < 1.29 is 29.4 Å². The van der Waals surface area contributed by atoms with Gasteiger partial charge in [-0.1, -0.05) is 12.1 Å². The number of rotatable bonds is 7. The molecule has 1 aromatic rings. The van der Waals surface area contributed by atoms with E-state index in [1.807, 2.05) is 0 Å². The van der Waals surface area contributed by atoms with Crippen LogP contribution in [-0.2, 0) is 9.63 Å². The molecular formula is C11H11NO7. The van der Waals surface area contributed by atoms with Gasteiger partial charge < -0.3 is 14.7 Å². The van der Waals surface area contributed by atoms with Gasteiger partial charge >= 0.3 is 11.9 Å². The van der Waals surface area contributed by atoms with Gasteiger partial charge in [0.15, 0.2) is 0 Å². The van der Waals surface area contributed by atoms with E-state index in [2.05, 4.69) is 4.84 Å². The number of hydrogen-bond donors (Lipinski definition) is 1.